The van der Waals surface area contributed by atoms with Gasteiger partial charge in [0.15, 0.2) is 0 Å². The highest BCUT2D eigenvalue weighted by atomic mass is 19.4. The van der Waals surface area contributed by atoms with E-state index in [0.717, 1.165) is 0 Å². The summed E-state index contributed by atoms with van der Waals surface area (Å²) in [6.45, 7) is 1.46. The molecule has 1 aromatic heterocycles. The Balaban J connectivity index is 2.80. The lowest BCUT2D eigenvalue weighted by atomic mass is 10.0. The van der Waals surface area contributed by atoms with Crippen LogP contribution in [-0.2, 0) is 17.1 Å². The Morgan fingerprint density at radius 1 is 1.32 bits per heavy atom. The van der Waals surface area contributed by atoms with Crippen molar-refractivity contribution >= 4 is 5.97 Å². The highest BCUT2D eigenvalue weighted by Gasteiger charge is 2.63. The van der Waals surface area contributed by atoms with Crippen LogP contribution in [-0.4, -0.2) is 27.4 Å². The van der Waals surface area contributed by atoms with Gasteiger partial charge in [0.05, 0.1) is 0 Å². The van der Waals surface area contributed by atoms with E-state index in [2.05, 4.69) is 14.6 Å². The molecule has 0 saturated heterocycles. The minimum absolute atomic E-state index is 0.201. The maximum atomic E-state index is 12.8. The number of alkyl halides is 5. The lowest BCUT2D eigenvalue weighted by Crippen LogP contribution is -2.34. The van der Waals surface area contributed by atoms with Crippen LogP contribution in [0.3, 0.4) is 0 Å². The fraction of sp³-hybridized carbons (Fsp3) is 0.667. The number of halogens is 5. The van der Waals surface area contributed by atoms with Gasteiger partial charge in [0.25, 0.3) is 5.89 Å². The van der Waals surface area contributed by atoms with Crippen LogP contribution in [0.15, 0.2) is 4.42 Å². The number of nitrogens with zero attached hydrogens (tertiary/aromatic N) is 2. The molecule has 0 amide bonds. The zero-order valence-corrected chi connectivity index (χ0v) is 9.54. The molecule has 19 heavy (non-hydrogen) atoms. The van der Waals surface area contributed by atoms with Crippen LogP contribution in [0, 0.1) is 5.92 Å². The second-order valence-electron chi connectivity index (χ2n) is 3.98. The quantitative estimate of drug-likeness (QED) is 0.842. The molecule has 1 unspecified atom stereocenters. The molecule has 0 aliphatic heterocycles. The van der Waals surface area contributed by atoms with Crippen LogP contribution in [0.5, 0.6) is 0 Å². The molecule has 108 valence electrons. The molecule has 1 heterocycles. The second kappa shape index (κ2) is 5.10. The lowest BCUT2D eigenvalue weighted by Gasteiger charge is -2.14. The molecule has 0 aromatic carbocycles. The van der Waals surface area contributed by atoms with E-state index in [0.29, 0.717) is 0 Å². The molecule has 0 fully saturated rings. The van der Waals surface area contributed by atoms with Crippen molar-refractivity contribution in [1.29, 1.82) is 0 Å². The minimum atomic E-state index is -5.83. The molecule has 1 N–H and O–H groups in total. The van der Waals surface area contributed by atoms with E-state index < -0.39 is 35.8 Å². The number of hydrogen-bond donors (Lipinski definition) is 1. The number of hydrogen-bond acceptors (Lipinski definition) is 4. The number of carboxylic acid groups (broad SMARTS) is 1. The molecule has 0 aliphatic rings. The summed E-state index contributed by atoms with van der Waals surface area (Å²) < 4.78 is 65.9. The first-order valence-corrected chi connectivity index (χ1v) is 5.03. The van der Waals surface area contributed by atoms with Gasteiger partial charge in [-0.2, -0.15) is 22.0 Å². The molecule has 0 bridgehead atoms. The molecule has 10 heteroatoms. The van der Waals surface area contributed by atoms with E-state index in [1.807, 2.05) is 0 Å². The van der Waals surface area contributed by atoms with Gasteiger partial charge >= 0.3 is 18.1 Å². The normalized spacial score (nSPS) is 14.4. The Bertz CT molecular complexity index is 457. The van der Waals surface area contributed by atoms with Crippen LogP contribution in [0.1, 0.15) is 25.1 Å². The van der Waals surface area contributed by atoms with Crippen LogP contribution >= 0.6 is 0 Å². The number of aromatic nitrogens is 2. The average molecular weight is 288 g/mol. The fourth-order valence-corrected chi connectivity index (χ4v) is 1.25. The Morgan fingerprint density at radius 3 is 2.37 bits per heavy atom. The lowest BCUT2D eigenvalue weighted by molar-refractivity contribution is -0.297. The third-order valence-corrected chi connectivity index (χ3v) is 2.14. The van der Waals surface area contributed by atoms with Crippen molar-refractivity contribution in [3.63, 3.8) is 0 Å². The number of rotatable bonds is 5. The first kappa shape index (κ1) is 15.3. The highest BCUT2D eigenvalue weighted by Crippen LogP contribution is 2.43. The minimum Gasteiger partial charge on any atom is -0.481 e. The standard InChI is InChI=1S/C9H9F5N2O3/c1-4(3-6(17)18)2-5-15-16-7(19-5)8(10,11)9(12,13)14/h4H,2-3H2,1H3,(H,17,18). The molecule has 0 spiro atoms. The van der Waals surface area contributed by atoms with Gasteiger partial charge in [-0.1, -0.05) is 6.92 Å². The summed E-state index contributed by atoms with van der Waals surface area (Å²) in [5, 5.41) is 14.2. The summed E-state index contributed by atoms with van der Waals surface area (Å²) >= 11 is 0. The van der Waals surface area contributed by atoms with Crippen molar-refractivity contribution in [1.82, 2.24) is 10.2 Å². The summed E-state index contributed by atoms with van der Waals surface area (Å²) in [6.07, 6.45) is -6.33. The topological polar surface area (TPSA) is 76.2 Å². The van der Waals surface area contributed by atoms with E-state index in [9.17, 15) is 26.7 Å². The van der Waals surface area contributed by atoms with E-state index in [1.54, 1.807) is 0 Å². The van der Waals surface area contributed by atoms with Gasteiger partial charge in [0.1, 0.15) is 0 Å². The Labute approximate surface area is 103 Å². The molecular weight excluding hydrogens is 279 g/mol. The van der Waals surface area contributed by atoms with Crippen molar-refractivity contribution in [2.45, 2.75) is 31.9 Å². The van der Waals surface area contributed by atoms with Crippen LogP contribution in [0.2, 0.25) is 0 Å². The fourth-order valence-electron chi connectivity index (χ4n) is 1.25. The van der Waals surface area contributed by atoms with Crippen molar-refractivity contribution in [3.8, 4) is 0 Å². The van der Waals surface area contributed by atoms with Crippen molar-refractivity contribution in [3.05, 3.63) is 11.8 Å². The molecule has 1 atom stereocenters. The first-order valence-electron chi connectivity index (χ1n) is 5.03. The van der Waals surface area contributed by atoms with Gasteiger partial charge in [-0.05, 0) is 5.92 Å². The molecule has 0 radical (unpaired) electrons. The average Bonchev–Trinajstić information content (AvgIpc) is 2.63. The summed E-state index contributed by atoms with van der Waals surface area (Å²) in [4.78, 5) is 10.4. The maximum absolute atomic E-state index is 12.8. The maximum Gasteiger partial charge on any atom is 0.463 e. The zero-order valence-electron chi connectivity index (χ0n) is 9.54. The molecular formula is C9H9F5N2O3. The Morgan fingerprint density at radius 2 is 1.89 bits per heavy atom. The van der Waals surface area contributed by atoms with E-state index in [-0.39, 0.29) is 12.8 Å². The monoisotopic (exact) mass is 288 g/mol. The first-order chi connectivity index (χ1) is 8.54. The van der Waals surface area contributed by atoms with Gasteiger partial charge in [-0.25, -0.2) is 0 Å². The summed E-state index contributed by atoms with van der Waals surface area (Å²) in [7, 11) is 0. The molecule has 0 aliphatic carbocycles. The van der Waals surface area contributed by atoms with Gasteiger partial charge in [-0.3, -0.25) is 4.79 Å². The predicted octanol–water partition coefficient (Wildman–Crippen LogP) is 2.38. The summed E-state index contributed by atoms with van der Waals surface area (Å²) in [5.74, 6) is -9.21. The van der Waals surface area contributed by atoms with E-state index in [1.165, 1.54) is 6.92 Å². The van der Waals surface area contributed by atoms with Gasteiger partial charge in [0, 0.05) is 12.8 Å². The Kier molecular flexibility index (Phi) is 4.11. The summed E-state index contributed by atoms with van der Waals surface area (Å²) in [5.41, 5.74) is 0. The molecule has 0 saturated carbocycles. The van der Waals surface area contributed by atoms with Gasteiger partial charge < -0.3 is 9.52 Å². The zero-order chi connectivity index (χ0) is 14.8. The number of carboxylic acids is 1. The van der Waals surface area contributed by atoms with Crippen LogP contribution in [0.25, 0.3) is 0 Å². The predicted molar refractivity (Wildman–Crippen MR) is 49.4 cm³/mol. The molecule has 1 aromatic rings. The molecule has 5 nitrogen and oxygen atoms in total. The van der Waals surface area contributed by atoms with Crippen molar-refractivity contribution in [2.75, 3.05) is 0 Å². The molecule has 1 rings (SSSR count). The number of aliphatic carboxylic acids is 1. The van der Waals surface area contributed by atoms with E-state index in [4.69, 9.17) is 5.11 Å². The van der Waals surface area contributed by atoms with Gasteiger partial charge in [-0.15, -0.1) is 10.2 Å². The summed E-state index contributed by atoms with van der Waals surface area (Å²) in [6, 6.07) is 0. The van der Waals surface area contributed by atoms with Crippen molar-refractivity contribution < 1.29 is 36.3 Å². The SMILES string of the molecule is CC(CC(=O)O)Cc1nnc(C(F)(F)C(F)(F)F)o1. The largest absolute Gasteiger partial charge is 0.481 e. The van der Waals surface area contributed by atoms with Crippen LogP contribution in [0.4, 0.5) is 22.0 Å². The highest BCUT2D eigenvalue weighted by molar-refractivity contribution is 5.66. The van der Waals surface area contributed by atoms with Crippen molar-refractivity contribution in [2.24, 2.45) is 5.92 Å². The third kappa shape index (κ3) is 3.61. The van der Waals surface area contributed by atoms with Crippen LogP contribution < -0.4 is 0 Å². The van der Waals surface area contributed by atoms with Gasteiger partial charge in [0.2, 0.25) is 5.89 Å². The smallest absolute Gasteiger partial charge is 0.463 e. The Hall–Kier alpha value is -1.74. The third-order valence-electron chi connectivity index (χ3n) is 2.14. The van der Waals surface area contributed by atoms with E-state index >= 15 is 0 Å². The second-order valence-corrected chi connectivity index (χ2v) is 3.98. The number of carbonyl (C=O) groups is 1.